The molecular formula is C22H19Cl2FN2O3S. The second-order valence-electron chi connectivity index (χ2n) is 6.67. The Labute approximate surface area is 190 Å². The number of carbonyl (C=O) groups is 1. The first-order valence-electron chi connectivity index (χ1n) is 9.31. The number of amides is 1. The van der Waals surface area contributed by atoms with Crippen LogP contribution >= 0.6 is 23.2 Å². The maximum atomic E-state index is 14.4. The smallest absolute Gasteiger partial charge is 0.258 e. The van der Waals surface area contributed by atoms with Gasteiger partial charge in [0.05, 0.1) is 10.5 Å². The van der Waals surface area contributed by atoms with Crippen molar-refractivity contribution in [1.82, 2.24) is 4.31 Å². The average Bonchev–Trinajstić information content (AvgIpc) is 2.72. The van der Waals surface area contributed by atoms with Gasteiger partial charge in [-0.25, -0.2) is 12.8 Å². The van der Waals surface area contributed by atoms with E-state index in [0.29, 0.717) is 10.0 Å². The SMILES string of the molecule is CCN(Cc1ccccc1)S(=O)(=O)c1ccc(F)c(C(=O)Nc2cc(Cl)cc(Cl)c2)c1. The van der Waals surface area contributed by atoms with Gasteiger partial charge in [-0.2, -0.15) is 4.31 Å². The summed E-state index contributed by atoms with van der Waals surface area (Å²) in [6.45, 7) is 2.07. The Balaban J connectivity index is 1.90. The van der Waals surface area contributed by atoms with Gasteiger partial charge in [-0.1, -0.05) is 60.5 Å². The molecular weight excluding hydrogens is 462 g/mol. The summed E-state index contributed by atoms with van der Waals surface area (Å²) in [5.74, 6) is -1.67. The highest BCUT2D eigenvalue weighted by atomic mass is 35.5. The van der Waals surface area contributed by atoms with E-state index in [2.05, 4.69) is 5.32 Å². The second-order valence-corrected chi connectivity index (χ2v) is 9.48. The Morgan fingerprint density at radius 1 is 1.00 bits per heavy atom. The highest BCUT2D eigenvalue weighted by Gasteiger charge is 2.25. The van der Waals surface area contributed by atoms with Crippen LogP contribution in [0.2, 0.25) is 10.0 Å². The molecule has 0 aromatic heterocycles. The second kappa shape index (κ2) is 9.78. The molecule has 3 rings (SSSR count). The normalized spacial score (nSPS) is 11.5. The average molecular weight is 481 g/mol. The van der Waals surface area contributed by atoms with E-state index in [0.717, 1.165) is 23.8 Å². The van der Waals surface area contributed by atoms with Crippen molar-refractivity contribution in [2.45, 2.75) is 18.4 Å². The highest BCUT2D eigenvalue weighted by molar-refractivity contribution is 7.89. The lowest BCUT2D eigenvalue weighted by molar-refractivity contribution is 0.102. The summed E-state index contributed by atoms with van der Waals surface area (Å²) in [5.41, 5.74) is 0.660. The zero-order valence-corrected chi connectivity index (χ0v) is 18.8. The maximum Gasteiger partial charge on any atom is 0.258 e. The molecule has 0 bridgehead atoms. The summed E-state index contributed by atoms with van der Waals surface area (Å²) in [5, 5.41) is 3.07. The van der Waals surface area contributed by atoms with Crippen LogP contribution in [0.5, 0.6) is 0 Å². The van der Waals surface area contributed by atoms with Gasteiger partial charge >= 0.3 is 0 Å². The summed E-state index contributed by atoms with van der Waals surface area (Å²) < 4.78 is 41.9. The molecule has 1 amide bonds. The number of anilines is 1. The van der Waals surface area contributed by atoms with Gasteiger partial charge in [0.1, 0.15) is 5.82 Å². The van der Waals surface area contributed by atoms with Crippen LogP contribution < -0.4 is 5.32 Å². The number of nitrogens with one attached hydrogen (secondary N) is 1. The molecule has 1 N–H and O–H groups in total. The van der Waals surface area contributed by atoms with Crippen molar-refractivity contribution < 1.29 is 17.6 Å². The van der Waals surface area contributed by atoms with Crippen molar-refractivity contribution >= 4 is 44.8 Å². The van der Waals surface area contributed by atoms with Crippen molar-refractivity contribution in [1.29, 1.82) is 0 Å². The fourth-order valence-corrected chi connectivity index (χ4v) is 4.96. The molecule has 0 atom stereocenters. The fraction of sp³-hybridized carbons (Fsp3) is 0.136. The Kier molecular flexibility index (Phi) is 7.33. The van der Waals surface area contributed by atoms with E-state index < -0.39 is 27.3 Å². The predicted octanol–water partition coefficient (Wildman–Crippen LogP) is 5.60. The van der Waals surface area contributed by atoms with Crippen molar-refractivity contribution in [3.05, 3.63) is 93.7 Å². The zero-order valence-electron chi connectivity index (χ0n) is 16.5. The zero-order chi connectivity index (χ0) is 22.6. The number of hydrogen-bond donors (Lipinski definition) is 1. The van der Waals surface area contributed by atoms with Gasteiger partial charge in [0.25, 0.3) is 5.91 Å². The quantitative estimate of drug-likeness (QED) is 0.478. The summed E-state index contributed by atoms with van der Waals surface area (Å²) in [7, 11) is -3.96. The molecule has 5 nitrogen and oxygen atoms in total. The monoisotopic (exact) mass is 480 g/mol. The summed E-state index contributed by atoms with van der Waals surface area (Å²) in [6.07, 6.45) is 0. The fourth-order valence-electron chi connectivity index (χ4n) is 2.97. The van der Waals surface area contributed by atoms with Crippen molar-refractivity contribution in [2.75, 3.05) is 11.9 Å². The maximum absolute atomic E-state index is 14.4. The van der Waals surface area contributed by atoms with E-state index in [1.165, 1.54) is 22.5 Å². The third-order valence-electron chi connectivity index (χ3n) is 4.50. The van der Waals surface area contributed by atoms with Gasteiger partial charge in [0, 0.05) is 28.8 Å². The van der Waals surface area contributed by atoms with Crippen LogP contribution in [0.25, 0.3) is 0 Å². The first-order valence-corrected chi connectivity index (χ1v) is 11.5. The minimum Gasteiger partial charge on any atom is -0.322 e. The Bertz CT molecular complexity index is 1180. The topological polar surface area (TPSA) is 66.5 Å². The molecule has 0 heterocycles. The highest BCUT2D eigenvalue weighted by Crippen LogP contribution is 2.25. The molecule has 9 heteroatoms. The molecule has 0 saturated carbocycles. The minimum atomic E-state index is -3.96. The van der Waals surface area contributed by atoms with Gasteiger partial charge in [-0.3, -0.25) is 4.79 Å². The lowest BCUT2D eigenvalue weighted by atomic mass is 10.2. The number of nitrogens with zero attached hydrogens (tertiary/aromatic N) is 1. The van der Waals surface area contributed by atoms with Crippen LogP contribution in [0.4, 0.5) is 10.1 Å². The van der Waals surface area contributed by atoms with E-state index >= 15 is 0 Å². The van der Waals surface area contributed by atoms with Gasteiger partial charge < -0.3 is 5.32 Å². The molecule has 3 aromatic carbocycles. The number of benzene rings is 3. The summed E-state index contributed by atoms with van der Waals surface area (Å²) >= 11 is 11.8. The molecule has 0 aliphatic rings. The van der Waals surface area contributed by atoms with Crippen LogP contribution in [-0.4, -0.2) is 25.2 Å². The first-order chi connectivity index (χ1) is 14.7. The standard InChI is InChI=1S/C22H19Cl2FN2O3S/c1-2-27(14-15-6-4-3-5-7-15)31(29,30)19-8-9-21(25)20(13-19)22(28)26-18-11-16(23)10-17(24)12-18/h3-13H,2,14H2,1H3,(H,26,28). The Morgan fingerprint density at radius 3 is 2.26 bits per heavy atom. The van der Waals surface area contributed by atoms with E-state index in [9.17, 15) is 17.6 Å². The predicted molar refractivity (Wildman–Crippen MR) is 121 cm³/mol. The molecule has 0 unspecified atom stereocenters. The van der Waals surface area contributed by atoms with Gasteiger partial charge in [-0.15, -0.1) is 0 Å². The third kappa shape index (κ3) is 5.62. The first kappa shape index (κ1) is 23.2. The van der Waals surface area contributed by atoms with Crippen molar-refractivity contribution in [3.63, 3.8) is 0 Å². The molecule has 0 radical (unpaired) electrons. The molecule has 0 saturated heterocycles. The molecule has 0 fully saturated rings. The lowest BCUT2D eigenvalue weighted by Gasteiger charge is -2.21. The van der Waals surface area contributed by atoms with Crippen LogP contribution in [0.15, 0.2) is 71.6 Å². The third-order valence-corrected chi connectivity index (χ3v) is 6.85. The number of hydrogen-bond acceptors (Lipinski definition) is 3. The number of halogens is 3. The molecule has 0 aliphatic heterocycles. The summed E-state index contributed by atoms with van der Waals surface area (Å²) in [4.78, 5) is 12.4. The van der Waals surface area contributed by atoms with E-state index in [4.69, 9.17) is 23.2 Å². The Morgan fingerprint density at radius 2 is 1.65 bits per heavy atom. The van der Waals surface area contributed by atoms with Crippen LogP contribution in [0.3, 0.4) is 0 Å². The number of rotatable bonds is 7. The van der Waals surface area contributed by atoms with Gasteiger partial charge in [0.15, 0.2) is 0 Å². The van der Waals surface area contributed by atoms with Crippen LogP contribution in [-0.2, 0) is 16.6 Å². The molecule has 3 aromatic rings. The van der Waals surface area contributed by atoms with Gasteiger partial charge in [0.2, 0.25) is 10.0 Å². The van der Waals surface area contributed by atoms with Crippen LogP contribution in [0.1, 0.15) is 22.8 Å². The molecule has 31 heavy (non-hydrogen) atoms. The molecule has 0 aliphatic carbocycles. The largest absolute Gasteiger partial charge is 0.322 e. The minimum absolute atomic E-state index is 0.152. The molecule has 162 valence electrons. The van der Waals surface area contributed by atoms with Crippen LogP contribution in [0, 0.1) is 5.82 Å². The van der Waals surface area contributed by atoms with E-state index in [-0.39, 0.29) is 23.7 Å². The molecule has 0 spiro atoms. The number of carbonyl (C=O) groups excluding carboxylic acids is 1. The van der Waals surface area contributed by atoms with E-state index in [1.807, 2.05) is 30.3 Å². The number of sulfonamides is 1. The van der Waals surface area contributed by atoms with Crippen molar-refractivity contribution in [2.24, 2.45) is 0 Å². The summed E-state index contributed by atoms with van der Waals surface area (Å²) in [6, 6.07) is 16.6. The van der Waals surface area contributed by atoms with Gasteiger partial charge in [-0.05, 0) is 42.0 Å². The lowest BCUT2D eigenvalue weighted by Crippen LogP contribution is -2.30. The Hall–Kier alpha value is -2.45. The van der Waals surface area contributed by atoms with Crippen molar-refractivity contribution in [3.8, 4) is 0 Å². The van der Waals surface area contributed by atoms with E-state index in [1.54, 1.807) is 6.92 Å².